The largest absolute Gasteiger partial charge is 0.497 e. The number of likely N-dealkylation sites (tertiary alicyclic amines) is 1. The third kappa shape index (κ3) is 2.94. The highest BCUT2D eigenvalue weighted by molar-refractivity contribution is 5.83. The molecule has 2 aliphatic rings. The van der Waals surface area contributed by atoms with Gasteiger partial charge in [0.15, 0.2) is 0 Å². The zero-order valence-corrected chi connectivity index (χ0v) is 15.9. The van der Waals surface area contributed by atoms with Crippen LogP contribution >= 0.6 is 0 Å². The summed E-state index contributed by atoms with van der Waals surface area (Å²) in [5.41, 5.74) is 3.04. The fraction of sp³-hybridized carbons (Fsp3) is 0.391. The molecular formula is C23H24N2O3. The van der Waals surface area contributed by atoms with E-state index < -0.39 is 6.04 Å². The molecule has 2 fully saturated rings. The predicted octanol–water partition coefficient (Wildman–Crippen LogP) is 3.34. The third-order valence-electron chi connectivity index (χ3n) is 6.16. The molecule has 1 saturated carbocycles. The molecule has 5 nitrogen and oxygen atoms in total. The molecule has 1 aliphatic carbocycles. The van der Waals surface area contributed by atoms with Crippen molar-refractivity contribution >= 4 is 5.91 Å². The van der Waals surface area contributed by atoms with Crippen LogP contribution in [0.3, 0.4) is 0 Å². The van der Waals surface area contributed by atoms with Gasteiger partial charge in [0.1, 0.15) is 11.8 Å². The van der Waals surface area contributed by atoms with Crippen LogP contribution < -0.4 is 4.74 Å². The summed E-state index contributed by atoms with van der Waals surface area (Å²) in [6.45, 7) is -0.141. The summed E-state index contributed by atoms with van der Waals surface area (Å²) >= 11 is 0. The number of hydrogen-bond acceptors (Lipinski definition) is 4. The van der Waals surface area contributed by atoms with Crippen LogP contribution in [0.5, 0.6) is 5.75 Å². The van der Waals surface area contributed by atoms with Gasteiger partial charge in [-0.3, -0.25) is 4.79 Å². The van der Waals surface area contributed by atoms with Gasteiger partial charge >= 0.3 is 0 Å². The molecule has 28 heavy (non-hydrogen) atoms. The van der Waals surface area contributed by atoms with Crippen molar-refractivity contribution in [2.45, 2.75) is 37.3 Å². The number of ether oxygens (including phenoxy) is 1. The van der Waals surface area contributed by atoms with E-state index in [9.17, 15) is 15.2 Å². The molecule has 2 aromatic rings. The van der Waals surface area contributed by atoms with E-state index in [0.29, 0.717) is 0 Å². The zero-order valence-electron chi connectivity index (χ0n) is 15.9. The van der Waals surface area contributed by atoms with E-state index in [0.717, 1.165) is 41.7 Å². The maximum Gasteiger partial charge on any atom is 0.227 e. The number of nitriles is 1. The minimum absolute atomic E-state index is 0.0164. The Morgan fingerprint density at radius 2 is 1.93 bits per heavy atom. The standard InChI is InChI=1S/C23H24N2O3/c1-28-17-11-9-15(10-12-17)18-7-2-3-8-19(18)22-20(13-24)25(21(22)14-26)23(27)16-5-4-6-16/h2-3,7-12,16,20-22,26H,4-6,14H2,1H3/t20-,21+,22-/m1/s1. The first-order valence-electron chi connectivity index (χ1n) is 9.75. The number of amides is 1. The Morgan fingerprint density at radius 1 is 1.21 bits per heavy atom. The van der Waals surface area contributed by atoms with Crippen LogP contribution in [0.15, 0.2) is 48.5 Å². The van der Waals surface area contributed by atoms with Gasteiger partial charge in [-0.25, -0.2) is 0 Å². The number of rotatable bonds is 5. The van der Waals surface area contributed by atoms with Gasteiger partial charge in [-0.15, -0.1) is 0 Å². The first kappa shape index (κ1) is 18.5. The van der Waals surface area contributed by atoms with Crippen molar-refractivity contribution in [1.29, 1.82) is 5.26 Å². The van der Waals surface area contributed by atoms with Crippen molar-refractivity contribution in [2.75, 3.05) is 13.7 Å². The molecular weight excluding hydrogens is 352 g/mol. The highest BCUT2D eigenvalue weighted by Gasteiger charge is 2.53. The molecule has 1 heterocycles. The van der Waals surface area contributed by atoms with Gasteiger partial charge in [-0.2, -0.15) is 5.26 Å². The summed E-state index contributed by atoms with van der Waals surface area (Å²) < 4.78 is 5.24. The van der Waals surface area contributed by atoms with Crippen LogP contribution in [0.25, 0.3) is 11.1 Å². The molecule has 2 aromatic carbocycles. The summed E-state index contributed by atoms with van der Waals surface area (Å²) in [5, 5.41) is 19.8. The van der Waals surface area contributed by atoms with Crippen LogP contribution in [-0.4, -0.2) is 41.7 Å². The Morgan fingerprint density at radius 3 is 2.50 bits per heavy atom. The highest BCUT2D eigenvalue weighted by atomic mass is 16.5. The normalized spacial score (nSPS) is 24.0. The number of hydrogen-bond donors (Lipinski definition) is 1. The Bertz CT molecular complexity index is 899. The maximum absolute atomic E-state index is 12.8. The number of nitrogens with zero attached hydrogens (tertiary/aromatic N) is 2. The van der Waals surface area contributed by atoms with Gasteiger partial charge in [0.25, 0.3) is 0 Å². The molecule has 0 spiro atoms. The molecule has 1 aliphatic heterocycles. The van der Waals surface area contributed by atoms with Crippen LogP contribution in [0.2, 0.25) is 0 Å². The monoisotopic (exact) mass is 376 g/mol. The second-order valence-corrected chi connectivity index (χ2v) is 7.54. The molecule has 0 radical (unpaired) electrons. The van der Waals surface area contributed by atoms with Gasteiger partial charge in [-0.05, 0) is 41.7 Å². The lowest BCUT2D eigenvalue weighted by Crippen LogP contribution is -2.66. The van der Waals surface area contributed by atoms with Crippen molar-refractivity contribution in [3.63, 3.8) is 0 Å². The average Bonchev–Trinajstić information content (AvgIpc) is 2.67. The summed E-state index contributed by atoms with van der Waals surface area (Å²) in [4.78, 5) is 14.4. The van der Waals surface area contributed by atoms with Crippen molar-refractivity contribution in [3.05, 3.63) is 54.1 Å². The fourth-order valence-electron chi connectivity index (χ4n) is 4.37. The molecule has 3 atom stereocenters. The smallest absolute Gasteiger partial charge is 0.227 e. The topological polar surface area (TPSA) is 73.6 Å². The summed E-state index contributed by atoms with van der Waals surface area (Å²) in [6, 6.07) is 17.2. The van der Waals surface area contributed by atoms with E-state index in [1.54, 1.807) is 12.0 Å². The van der Waals surface area contributed by atoms with Crippen molar-refractivity contribution in [1.82, 2.24) is 4.90 Å². The number of aliphatic hydroxyl groups is 1. The first-order chi connectivity index (χ1) is 13.7. The van der Waals surface area contributed by atoms with E-state index in [2.05, 4.69) is 6.07 Å². The highest BCUT2D eigenvalue weighted by Crippen LogP contribution is 2.46. The van der Waals surface area contributed by atoms with Crippen LogP contribution in [0, 0.1) is 17.2 Å². The lowest BCUT2D eigenvalue weighted by molar-refractivity contribution is -0.154. The van der Waals surface area contributed by atoms with Gasteiger partial charge in [-0.1, -0.05) is 42.8 Å². The lowest BCUT2D eigenvalue weighted by Gasteiger charge is -2.53. The Hall–Kier alpha value is -2.84. The van der Waals surface area contributed by atoms with Crippen molar-refractivity contribution < 1.29 is 14.6 Å². The van der Waals surface area contributed by atoms with Crippen LogP contribution in [0.4, 0.5) is 0 Å². The molecule has 0 aromatic heterocycles. The Balaban J connectivity index is 1.68. The molecule has 4 rings (SSSR count). The number of carbonyl (C=O) groups excluding carboxylic acids is 1. The summed E-state index contributed by atoms with van der Waals surface area (Å²) in [5.74, 6) is 0.625. The maximum atomic E-state index is 12.8. The Labute approximate surface area is 165 Å². The van der Waals surface area contributed by atoms with Crippen LogP contribution in [0.1, 0.15) is 30.7 Å². The van der Waals surface area contributed by atoms with E-state index in [-0.39, 0.29) is 30.4 Å². The van der Waals surface area contributed by atoms with E-state index in [1.807, 2.05) is 48.5 Å². The minimum Gasteiger partial charge on any atom is -0.497 e. The second-order valence-electron chi connectivity index (χ2n) is 7.54. The number of aliphatic hydroxyl groups excluding tert-OH is 1. The molecule has 144 valence electrons. The average molecular weight is 376 g/mol. The number of methoxy groups -OCH3 is 1. The number of benzene rings is 2. The van der Waals surface area contributed by atoms with E-state index >= 15 is 0 Å². The lowest BCUT2D eigenvalue weighted by atomic mass is 9.71. The van der Waals surface area contributed by atoms with Gasteiger partial charge in [0, 0.05) is 11.8 Å². The zero-order chi connectivity index (χ0) is 19.7. The number of carbonyl (C=O) groups is 1. The molecule has 1 amide bonds. The molecule has 0 bridgehead atoms. The SMILES string of the molecule is COc1ccc(-c2ccccc2[C@@H]2[C@@H](C#N)N(C(=O)C3CCC3)[C@H]2CO)cc1. The third-order valence-corrected chi connectivity index (χ3v) is 6.16. The summed E-state index contributed by atoms with van der Waals surface area (Å²) in [7, 11) is 1.63. The quantitative estimate of drug-likeness (QED) is 0.869. The van der Waals surface area contributed by atoms with Crippen molar-refractivity contribution in [3.8, 4) is 22.9 Å². The molecule has 0 unspecified atom stereocenters. The fourth-order valence-corrected chi connectivity index (χ4v) is 4.37. The Kier molecular flexibility index (Phi) is 5.06. The second kappa shape index (κ2) is 7.65. The summed E-state index contributed by atoms with van der Waals surface area (Å²) in [6.07, 6.45) is 2.84. The van der Waals surface area contributed by atoms with Gasteiger partial charge in [0.05, 0.1) is 25.8 Å². The molecule has 5 heteroatoms. The van der Waals surface area contributed by atoms with Gasteiger partial charge < -0.3 is 14.7 Å². The molecule has 1 N–H and O–H groups in total. The van der Waals surface area contributed by atoms with Gasteiger partial charge in [0.2, 0.25) is 5.91 Å². The predicted molar refractivity (Wildman–Crippen MR) is 106 cm³/mol. The van der Waals surface area contributed by atoms with E-state index in [4.69, 9.17) is 4.74 Å². The minimum atomic E-state index is -0.537. The molecule has 1 saturated heterocycles. The van der Waals surface area contributed by atoms with Crippen LogP contribution in [-0.2, 0) is 4.79 Å². The van der Waals surface area contributed by atoms with E-state index in [1.165, 1.54) is 0 Å². The van der Waals surface area contributed by atoms with Crippen molar-refractivity contribution in [2.24, 2.45) is 5.92 Å². The first-order valence-corrected chi connectivity index (χ1v) is 9.75.